The minimum Gasteiger partial charge on any atom is -0.493 e. The van der Waals surface area contributed by atoms with Crippen LogP contribution in [0.15, 0.2) is 54.9 Å². The molecule has 5 rings (SSSR count). The summed E-state index contributed by atoms with van der Waals surface area (Å²) in [4.78, 5) is 14.5. The van der Waals surface area contributed by atoms with Crippen molar-refractivity contribution in [3.8, 4) is 23.0 Å². The SMILES string of the molecule is CCNc1ncn(Cc2ccc(OC)c(OC3CCCC3)c2)c2nc(C(C)(C)OCc3ccccc3)nc1-2. The van der Waals surface area contributed by atoms with Crippen molar-refractivity contribution in [2.75, 3.05) is 19.0 Å². The zero-order chi connectivity index (χ0) is 26.5. The lowest BCUT2D eigenvalue weighted by Gasteiger charge is -2.22. The van der Waals surface area contributed by atoms with E-state index in [0.29, 0.717) is 19.0 Å². The molecule has 0 radical (unpaired) electrons. The van der Waals surface area contributed by atoms with Crippen molar-refractivity contribution in [1.29, 1.82) is 0 Å². The van der Waals surface area contributed by atoms with Gasteiger partial charge in [-0.25, -0.2) is 15.0 Å². The first-order valence-corrected chi connectivity index (χ1v) is 13.5. The van der Waals surface area contributed by atoms with E-state index in [4.69, 9.17) is 24.2 Å². The van der Waals surface area contributed by atoms with Crippen molar-refractivity contribution in [3.05, 3.63) is 71.8 Å². The maximum atomic E-state index is 6.32. The highest BCUT2D eigenvalue weighted by molar-refractivity contribution is 5.67. The van der Waals surface area contributed by atoms with Crippen molar-refractivity contribution in [1.82, 2.24) is 19.5 Å². The van der Waals surface area contributed by atoms with E-state index in [-0.39, 0.29) is 6.10 Å². The average molecular weight is 516 g/mol. The van der Waals surface area contributed by atoms with Gasteiger partial charge in [0.1, 0.15) is 5.60 Å². The summed E-state index contributed by atoms with van der Waals surface area (Å²) >= 11 is 0. The summed E-state index contributed by atoms with van der Waals surface area (Å²) in [6, 6.07) is 16.2. The Labute approximate surface area is 224 Å². The van der Waals surface area contributed by atoms with Crippen molar-refractivity contribution in [2.24, 2.45) is 0 Å². The van der Waals surface area contributed by atoms with Crippen LogP contribution >= 0.6 is 0 Å². The molecule has 1 N–H and O–H groups in total. The maximum Gasteiger partial charge on any atom is 0.166 e. The molecular weight excluding hydrogens is 478 g/mol. The van der Waals surface area contributed by atoms with Crippen LogP contribution < -0.4 is 14.8 Å². The highest BCUT2D eigenvalue weighted by atomic mass is 16.5. The van der Waals surface area contributed by atoms with Crippen LogP contribution in [0.3, 0.4) is 0 Å². The van der Waals surface area contributed by atoms with E-state index < -0.39 is 5.60 Å². The number of nitrogens with one attached hydrogen (secondary N) is 1. The number of methoxy groups -OCH3 is 1. The topological polar surface area (TPSA) is 83.3 Å². The van der Waals surface area contributed by atoms with Gasteiger partial charge in [0, 0.05) is 6.54 Å². The Bertz CT molecular complexity index is 1310. The molecule has 0 spiro atoms. The number of hydrogen-bond donors (Lipinski definition) is 1. The summed E-state index contributed by atoms with van der Waals surface area (Å²) in [6.07, 6.45) is 6.68. The molecule has 1 saturated carbocycles. The van der Waals surface area contributed by atoms with Gasteiger partial charge in [0.05, 0.1) is 32.7 Å². The highest BCUT2D eigenvalue weighted by Gasteiger charge is 2.31. The molecule has 1 aliphatic carbocycles. The van der Waals surface area contributed by atoms with Gasteiger partial charge in [-0.3, -0.25) is 0 Å². The molecule has 0 bridgehead atoms. The fraction of sp³-hybridized carbons (Fsp3) is 0.433. The lowest BCUT2D eigenvalue weighted by molar-refractivity contribution is -0.0393. The molecule has 1 fully saturated rings. The minimum atomic E-state index is -0.682. The van der Waals surface area contributed by atoms with Gasteiger partial charge in [0.2, 0.25) is 0 Å². The Morgan fingerprint density at radius 3 is 2.53 bits per heavy atom. The van der Waals surface area contributed by atoms with Gasteiger partial charge in [-0.2, -0.15) is 0 Å². The lowest BCUT2D eigenvalue weighted by Crippen LogP contribution is -2.23. The molecule has 0 aromatic heterocycles. The number of hydrogen-bond acceptors (Lipinski definition) is 7. The third-order valence-electron chi connectivity index (χ3n) is 6.97. The molecule has 2 aromatic carbocycles. The van der Waals surface area contributed by atoms with E-state index in [1.165, 1.54) is 12.8 Å². The van der Waals surface area contributed by atoms with Crippen molar-refractivity contribution >= 4 is 5.82 Å². The molecule has 8 nitrogen and oxygen atoms in total. The fourth-order valence-corrected chi connectivity index (χ4v) is 4.81. The van der Waals surface area contributed by atoms with Crippen LogP contribution in [0.2, 0.25) is 0 Å². The molecule has 0 saturated heterocycles. The number of benzene rings is 2. The standard InChI is InChI=1S/C30H37N5O3/c1-5-31-27-26-28(34-29(33-26)30(2,3)37-19-21-11-7-6-8-12-21)35(20-32-27)18-22-15-16-24(36-4)25(17-22)38-23-13-9-10-14-23/h6-8,11-12,15-17,20,23,31H,5,9-10,13-14,18-19H2,1-4H3. The Balaban J connectivity index is 1.43. The van der Waals surface area contributed by atoms with Gasteiger partial charge in [0.15, 0.2) is 34.7 Å². The first-order chi connectivity index (χ1) is 18.5. The van der Waals surface area contributed by atoms with Gasteiger partial charge >= 0.3 is 0 Å². The quantitative estimate of drug-likeness (QED) is 0.261. The number of aromatic nitrogens is 4. The zero-order valence-corrected chi connectivity index (χ0v) is 22.7. The molecule has 8 heteroatoms. The van der Waals surface area contributed by atoms with Crippen LogP contribution in [0.1, 0.15) is 63.4 Å². The number of fused-ring (bicyclic) bond motifs is 1. The molecule has 2 heterocycles. The summed E-state index contributed by atoms with van der Waals surface area (Å²) in [5.74, 6) is 3.65. The molecule has 0 atom stereocenters. The van der Waals surface area contributed by atoms with E-state index >= 15 is 0 Å². The van der Waals surface area contributed by atoms with Crippen LogP contribution in [0.4, 0.5) is 5.82 Å². The van der Waals surface area contributed by atoms with Crippen molar-refractivity contribution in [2.45, 2.75) is 71.3 Å². The summed E-state index contributed by atoms with van der Waals surface area (Å²) < 4.78 is 20.2. The molecule has 2 aromatic rings. The highest BCUT2D eigenvalue weighted by Crippen LogP contribution is 2.35. The second kappa shape index (κ2) is 11.4. The van der Waals surface area contributed by atoms with Crippen LogP contribution in [-0.4, -0.2) is 39.3 Å². The normalized spacial score (nSPS) is 14.2. The van der Waals surface area contributed by atoms with Crippen LogP contribution in [0, 0.1) is 0 Å². The molecule has 2 aliphatic heterocycles. The molecule has 38 heavy (non-hydrogen) atoms. The Morgan fingerprint density at radius 2 is 1.79 bits per heavy atom. The summed E-state index contributed by atoms with van der Waals surface area (Å²) in [7, 11) is 1.68. The molecule has 0 unspecified atom stereocenters. The minimum absolute atomic E-state index is 0.251. The lowest BCUT2D eigenvalue weighted by atomic mass is 10.1. The predicted molar refractivity (Wildman–Crippen MR) is 148 cm³/mol. The summed E-state index contributed by atoms with van der Waals surface area (Å²) in [5.41, 5.74) is 2.24. The Morgan fingerprint density at radius 1 is 1.00 bits per heavy atom. The molecule has 0 amide bonds. The first kappa shape index (κ1) is 26.0. The Hall–Kier alpha value is -3.65. The smallest absolute Gasteiger partial charge is 0.166 e. The third kappa shape index (κ3) is 5.75. The summed E-state index contributed by atoms with van der Waals surface area (Å²) in [6.45, 7) is 7.84. The van der Waals surface area contributed by atoms with E-state index in [9.17, 15) is 0 Å². The molecular formula is C30H37N5O3. The van der Waals surface area contributed by atoms with Crippen molar-refractivity contribution in [3.63, 3.8) is 0 Å². The monoisotopic (exact) mass is 515 g/mol. The number of imidazole rings is 1. The number of anilines is 1. The number of nitrogens with zero attached hydrogens (tertiary/aromatic N) is 4. The first-order valence-electron chi connectivity index (χ1n) is 13.5. The maximum absolute atomic E-state index is 6.32. The van der Waals surface area contributed by atoms with Crippen molar-refractivity contribution < 1.29 is 14.2 Å². The second-order valence-electron chi connectivity index (χ2n) is 10.3. The molecule has 200 valence electrons. The largest absolute Gasteiger partial charge is 0.493 e. The number of rotatable bonds is 11. The fourth-order valence-electron chi connectivity index (χ4n) is 4.81. The second-order valence-corrected chi connectivity index (χ2v) is 10.3. The van der Waals surface area contributed by atoms with Crippen LogP contribution in [0.25, 0.3) is 11.5 Å². The average Bonchev–Trinajstić information content (AvgIpc) is 3.61. The van der Waals surface area contributed by atoms with E-state index in [1.807, 2.05) is 55.9 Å². The zero-order valence-electron chi connectivity index (χ0n) is 22.7. The Kier molecular flexibility index (Phi) is 7.79. The van der Waals surface area contributed by atoms with E-state index in [1.54, 1.807) is 7.11 Å². The molecule has 3 aliphatic rings. The van der Waals surface area contributed by atoms with Gasteiger partial charge in [-0.05, 0) is 69.7 Å². The van der Waals surface area contributed by atoms with Crippen LogP contribution in [-0.2, 0) is 23.5 Å². The van der Waals surface area contributed by atoms with Gasteiger partial charge < -0.3 is 24.1 Å². The van der Waals surface area contributed by atoms with Gasteiger partial charge in [-0.1, -0.05) is 36.4 Å². The van der Waals surface area contributed by atoms with Gasteiger partial charge in [-0.15, -0.1) is 0 Å². The van der Waals surface area contributed by atoms with E-state index in [0.717, 1.165) is 59.3 Å². The van der Waals surface area contributed by atoms with E-state index in [2.05, 4.69) is 34.6 Å². The third-order valence-corrected chi connectivity index (χ3v) is 6.97. The predicted octanol–water partition coefficient (Wildman–Crippen LogP) is 6.04. The van der Waals surface area contributed by atoms with Crippen LogP contribution in [0.5, 0.6) is 11.5 Å². The summed E-state index contributed by atoms with van der Waals surface area (Å²) in [5, 5.41) is 3.32. The van der Waals surface area contributed by atoms with Gasteiger partial charge in [0.25, 0.3) is 0 Å². The number of ether oxygens (including phenoxy) is 3.